The maximum absolute atomic E-state index is 12.7. The summed E-state index contributed by atoms with van der Waals surface area (Å²) in [5, 5.41) is 5.49. The van der Waals surface area contributed by atoms with Crippen molar-refractivity contribution in [2.75, 3.05) is 11.9 Å². The molecule has 1 saturated carbocycles. The topological polar surface area (TPSA) is 78.5 Å². The molecule has 1 aliphatic carbocycles. The molecule has 10 heteroatoms. The first kappa shape index (κ1) is 20.9. The molecule has 0 bridgehead atoms. The van der Waals surface area contributed by atoms with Crippen LogP contribution in [0.4, 0.5) is 19.3 Å². The number of rotatable bonds is 7. The molecule has 2 N–H and O–H groups in total. The van der Waals surface area contributed by atoms with Crippen molar-refractivity contribution in [3.8, 4) is 0 Å². The van der Waals surface area contributed by atoms with E-state index in [0.717, 1.165) is 17.7 Å². The number of carbonyl (C=O) groups is 3. The minimum absolute atomic E-state index is 0.0371. The van der Waals surface area contributed by atoms with Crippen LogP contribution in [0, 0.1) is 0 Å². The van der Waals surface area contributed by atoms with E-state index in [-0.39, 0.29) is 52.7 Å². The molecule has 0 unspecified atom stereocenters. The van der Waals surface area contributed by atoms with Gasteiger partial charge in [0.1, 0.15) is 5.54 Å². The number of anilines is 1. The quantitative estimate of drug-likeness (QED) is 0.500. The first-order chi connectivity index (χ1) is 13.3. The third-order valence-corrected chi connectivity index (χ3v) is 6.22. The molecule has 1 aromatic carbocycles. The summed E-state index contributed by atoms with van der Waals surface area (Å²) in [5.74, 6) is -3.29. The minimum atomic E-state index is -2.67. The highest BCUT2D eigenvalue weighted by Gasteiger charge is 2.52. The lowest BCUT2D eigenvalue weighted by Crippen LogP contribution is -2.44. The van der Waals surface area contributed by atoms with Crippen LogP contribution in [0.25, 0.3) is 0 Å². The first-order valence-corrected chi connectivity index (χ1v) is 10.3. The van der Waals surface area contributed by atoms with Crippen molar-refractivity contribution in [1.29, 1.82) is 0 Å². The Bertz CT molecular complexity index is 787. The normalized spacial score (nSPS) is 18.2. The summed E-state index contributed by atoms with van der Waals surface area (Å²) in [6.07, 6.45) is 3.41. The number of imide groups is 1. The number of nitrogens with one attached hydrogen (secondary N) is 2. The zero-order valence-electron chi connectivity index (χ0n) is 15.0. The van der Waals surface area contributed by atoms with Gasteiger partial charge in [0.05, 0.1) is 15.6 Å². The number of thioether (sulfide) groups is 1. The fourth-order valence-electron chi connectivity index (χ4n) is 3.62. The number of carbonyl (C=O) groups excluding carboxylic acids is 3. The van der Waals surface area contributed by atoms with Crippen molar-refractivity contribution in [2.45, 2.75) is 54.7 Å². The number of urea groups is 1. The molecule has 1 aromatic rings. The van der Waals surface area contributed by atoms with Crippen molar-refractivity contribution in [2.24, 2.45) is 0 Å². The van der Waals surface area contributed by atoms with Crippen molar-refractivity contribution in [3.05, 3.63) is 23.2 Å². The molecule has 0 aromatic heterocycles. The summed E-state index contributed by atoms with van der Waals surface area (Å²) >= 11 is 6.21. The molecule has 1 aliphatic heterocycles. The Morgan fingerprint density at radius 3 is 2.71 bits per heavy atom. The molecule has 4 amide bonds. The molecule has 152 valence electrons. The second-order valence-electron chi connectivity index (χ2n) is 6.82. The maximum atomic E-state index is 12.7. The van der Waals surface area contributed by atoms with Gasteiger partial charge in [-0.3, -0.25) is 14.5 Å². The number of amides is 4. The van der Waals surface area contributed by atoms with Crippen LogP contribution in [0.1, 0.15) is 38.5 Å². The van der Waals surface area contributed by atoms with Gasteiger partial charge in [0.15, 0.2) is 0 Å². The molecule has 2 aliphatic rings. The van der Waals surface area contributed by atoms with Crippen LogP contribution in [-0.4, -0.2) is 40.6 Å². The van der Waals surface area contributed by atoms with Crippen molar-refractivity contribution >= 4 is 46.9 Å². The van der Waals surface area contributed by atoms with Crippen LogP contribution >= 0.6 is 23.4 Å². The SMILES string of the molecule is O=C(CCCN1C(=O)NC2(CCCC2)C1=O)Nc1cccc(Cl)c1SC(F)F. The Morgan fingerprint density at radius 1 is 1.32 bits per heavy atom. The van der Waals surface area contributed by atoms with Crippen LogP contribution in [0.3, 0.4) is 0 Å². The van der Waals surface area contributed by atoms with Gasteiger partial charge in [-0.05, 0) is 31.4 Å². The van der Waals surface area contributed by atoms with Gasteiger partial charge in [-0.1, -0.05) is 42.3 Å². The predicted molar refractivity (Wildman–Crippen MR) is 103 cm³/mol. The molecule has 2 fully saturated rings. The Morgan fingerprint density at radius 2 is 2.04 bits per heavy atom. The van der Waals surface area contributed by atoms with Crippen molar-refractivity contribution in [1.82, 2.24) is 10.2 Å². The van der Waals surface area contributed by atoms with Crippen molar-refractivity contribution in [3.63, 3.8) is 0 Å². The third-order valence-electron chi connectivity index (χ3n) is 4.94. The third kappa shape index (κ3) is 4.41. The standard InChI is InChI=1S/C18H20ClF2N3O3S/c19-11-5-3-6-12(14(11)28-16(20)21)22-13(25)7-4-10-24-15(26)18(23-17(24)27)8-1-2-9-18/h3,5-6,16H,1-2,4,7-10H2,(H,22,25)(H,23,27). The Kier molecular flexibility index (Phi) is 6.44. The summed E-state index contributed by atoms with van der Waals surface area (Å²) in [6, 6.07) is 4.11. The van der Waals surface area contributed by atoms with Crippen molar-refractivity contribution < 1.29 is 23.2 Å². The Labute approximate surface area is 170 Å². The fourth-order valence-corrected chi connectivity index (χ4v) is 4.54. The summed E-state index contributed by atoms with van der Waals surface area (Å²) < 4.78 is 25.4. The van der Waals surface area contributed by atoms with E-state index in [2.05, 4.69) is 10.6 Å². The number of nitrogens with zero attached hydrogens (tertiary/aromatic N) is 1. The average molecular weight is 432 g/mol. The summed E-state index contributed by atoms with van der Waals surface area (Å²) in [4.78, 5) is 38.1. The van der Waals surface area contributed by atoms with Crippen LogP contribution in [0.15, 0.2) is 23.1 Å². The molecule has 1 spiro atoms. The molecule has 0 atom stereocenters. The van der Waals surface area contributed by atoms with Crippen LogP contribution in [0.5, 0.6) is 0 Å². The number of alkyl halides is 2. The molecule has 1 heterocycles. The van der Waals surface area contributed by atoms with E-state index < -0.39 is 23.2 Å². The van der Waals surface area contributed by atoms with Gasteiger partial charge in [0, 0.05) is 13.0 Å². The largest absolute Gasteiger partial charge is 0.325 e. The molecule has 28 heavy (non-hydrogen) atoms. The van der Waals surface area contributed by atoms with Gasteiger partial charge in [0.25, 0.3) is 11.7 Å². The molecular weight excluding hydrogens is 412 g/mol. The molecule has 6 nitrogen and oxygen atoms in total. The smallest absolute Gasteiger partial charge is 0.325 e. The predicted octanol–water partition coefficient (Wildman–Crippen LogP) is 4.24. The van der Waals surface area contributed by atoms with E-state index >= 15 is 0 Å². The number of halogens is 3. The van der Waals surface area contributed by atoms with E-state index in [0.29, 0.717) is 12.8 Å². The van der Waals surface area contributed by atoms with E-state index in [9.17, 15) is 23.2 Å². The molecule has 3 rings (SSSR count). The highest BCUT2D eigenvalue weighted by atomic mass is 35.5. The highest BCUT2D eigenvalue weighted by Crippen LogP contribution is 2.38. The zero-order valence-corrected chi connectivity index (χ0v) is 16.5. The van der Waals surface area contributed by atoms with E-state index in [1.54, 1.807) is 6.07 Å². The second-order valence-corrected chi connectivity index (χ2v) is 8.23. The highest BCUT2D eigenvalue weighted by molar-refractivity contribution is 7.99. The van der Waals surface area contributed by atoms with Crippen LogP contribution in [0.2, 0.25) is 5.02 Å². The number of benzene rings is 1. The van der Waals surface area contributed by atoms with Gasteiger partial charge >= 0.3 is 6.03 Å². The average Bonchev–Trinajstić information content (AvgIpc) is 3.18. The maximum Gasteiger partial charge on any atom is 0.325 e. The summed E-state index contributed by atoms with van der Waals surface area (Å²) in [7, 11) is 0. The summed E-state index contributed by atoms with van der Waals surface area (Å²) in [5.41, 5.74) is -0.552. The fraction of sp³-hybridized carbons (Fsp3) is 0.500. The van der Waals surface area contributed by atoms with Gasteiger partial charge < -0.3 is 10.6 Å². The Hall–Kier alpha value is -1.87. The van der Waals surface area contributed by atoms with E-state index in [1.165, 1.54) is 12.1 Å². The number of hydrogen-bond donors (Lipinski definition) is 2. The van der Waals surface area contributed by atoms with Gasteiger partial charge in [-0.25, -0.2) is 4.79 Å². The monoisotopic (exact) mass is 431 g/mol. The first-order valence-electron chi connectivity index (χ1n) is 9.00. The zero-order chi connectivity index (χ0) is 20.3. The Balaban J connectivity index is 1.54. The molecular formula is C18H20ClF2N3O3S. The lowest BCUT2D eigenvalue weighted by atomic mass is 9.98. The van der Waals surface area contributed by atoms with Gasteiger partial charge in [0.2, 0.25) is 5.91 Å². The molecule has 1 saturated heterocycles. The van der Waals surface area contributed by atoms with E-state index in [1.807, 2.05) is 0 Å². The van der Waals surface area contributed by atoms with Gasteiger partial charge in [-0.2, -0.15) is 8.78 Å². The molecule has 0 radical (unpaired) electrons. The van der Waals surface area contributed by atoms with Crippen LogP contribution < -0.4 is 10.6 Å². The lowest BCUT2D eigenvalue weighted by Gasteiger charge is -2.20. The van der Waals surface area contributed by atoms with Crippen LogP contribution in [-0.2, 0) is 9.59 Å². The number of hydrogen-bond acceptors (Lipinski definition) is 4. The second kappa shape index (κ2) is 8.65. The van der Waals surface area contributed by atoms with E-state index in [4.69, 9.17) is 11.6 Å². The lowest BCUT2D eigenvalue weighted by molar-refractivity contribution is -0.131. The van der Waals surface area contributed by atoms with Gasteiger partial charge in [-0.15, -0.1) is 0 Å². The minimum Gasteiger partial charge on any atom is -0.325 e. The summed E-state index contributed by atoms with van der Waals surface area (Å²) in [6.45, 7) is 0.133.